The van der Waals surface area contributed by atoms with E-state index in [2.05, 4.69) is 38.3 Å². The Balaban J connectivity index is 4.36. The van der Waals surface area contributed by atoms with E-state index in [-0.39, 0.29) is 0 Å². The zero-order valence-electron chi connectivity index (χ0n) is 27.8. The third kappa shape index (κ3) is 26.7. The molecule has 0 amide bonds. The highest BCUT2D eigenvalue weighted by Gasteiger charge is 2.12. The van der Waals surface area contributed by atoms with Crippen molar-refractivity contribution >= 4 is 34.4 Å². The maximum Gasteiger partial charge on any atom is 0.134 e. The summed E-state index contributed by atoms with van der Waals surface area (Å²) >= 11 is 11.4. The summed E-state index contributed by atoms with van der Waals surface area (Å²) in [7, 11) is 0. The molecule has 238 valence electrons. The van der Waals surface area contributed by atoms with Crippen LogP contribution in [-0.4, -0.2) is 23.1 Å². The summed E-state index contributed by atoms with van der Waals surface area (Å²) in [6, 6.07) is 0. The first-order chi connectivity index (χ1) is 19.6. The van der Waals surface area contributed by atoms with Crippen molar-refractivity contribution in [2.45, 2.75) is 195 Å². The van der Waals surface area contributed by atoms with Crippen molar-refractivity contribution in [1.82, 2.24) is 10.6 Å². The Labute approximate surface area is 263 Å². The predicted molar refractivity (Wildman–Crippen MR) is 191 cm³/mol. The number of thiocarbonyl (C=S) groups is 2. The van der Waals surface area contributed by atoms with Gasteiger partial charge in [0.1, 0.15) is 9.98 Å². The Hall–Kier alpha value is -0.220. The van der Waals surface area contributed by atoms with Gasteiger partial charge in [-0.05, 0) is 24.7 Å². The molecule has 4 heteroatoms. The molecule has 0 radical (unpaired) electrons. The summed E-state index contributed by atoms with van der Waals surface area (Å²) in [5.74, 6) is 1.66. The molecule has 0 rings (SSSR count). The predicted octanol–water partition coefficient (Wildman–Crippen LogP) is 12.3. The van der Waals surface area contributed by atoms with Gasteiger partial charge in [-0.3, -0.25) is 0 Å². The molecule has 0 saturated carbocycles. The molecule has 0 aliphatic heterocycles. The fourth-order valence-electron chi connectivity index (χ4n) is 5.95. The van der Waals surface area contributed by atoms with E-state index in [0.29, 0.717) is 0 Å². The van der Waals surface area contributed by atoms with Crippen LogP contribution in [0.25, 0.3) is 0 Å². The van der Waals surface area contributed by atoms with Crippen LogP contribution in [0.15, 0.2) is 0 Å². The quantitative estimate of drug-likeness (QED) is 0.0636. The standard InChI is InChI=1S/C36H72N2S2/c1-5-9-13-17-19-23-27-33(25-21-15-11-7-3)29-31-37-35(39)36(40)38-32-30-34(26-22-16-12-8-4)28-24-20-18-14-10-6-2/h33-34H,5-32H2,1-4H3,(H,37,39)(H,38,40). The molecule has 0 bridgehead atoms. The van der Waals surface area contributed by atoms with Crippen LogP contribution in [-0.2, 0) is 0 Å². The molecule has 0 aliphatic rings. The molecular formula is C36H72N2S2. The van der Waals surface area contributed by atoms with Gasteiger partial charge in [-0.2, -0.15) is 0 Å². The lowest BCUT2D eigenvalue weighted by atomic mass is 9.91. The monoisotopic (exact) mass is 597 g/mol. The molecule has 40 heavy (non-hydrogen) atoms. The van der Waals surface area contributed by atoms with Crippen LogP contribution in [0.5, 0.6) is 0 Å². The first kappa shape index (κ1) is 39.8. The fourth-order valence-corrected chi connectivity index (χ4v) is 6.30. The van der Waals surface area contributed by atoms with Crippen molar-refractivity contribution in [2.24, 2.45) is 11.8 Å². The maximum atomic E-state index is 5.68. The van der Waals surface area contributed by atoms with Crippen molar-refractivity contribution in [1.29, 1.82) is 0 Å². The zero-order chi connectivity index (χ0) is 29.5. The minimum atomic E-state index is 0.759. The smallest absolute Gasteiger partial charge is 0.134 e. The second-order valence-electron chi connectivity index (χ2n) is 12.6. The molecule has 0 heterocycles. The molecule has 0 aromatic heterocycles. The van der Waals surface area contributed by atoms with Crippen LogP contribution >= 0.6 is 24.4 Å². The van der Waals surface area contributed by atoms with Gasteiger partial charge in [0.25, 0.3) is 0 Å². The van der Waals surface area contributed by atoms with Gasteiger partial charge in [-0.25, -0.2) is 0 Å². The van der Waals surface area contributed by atoms with Crippen LogP contribution in [0.4, 0.5) is 0 Å². The average molecular weight is 597 g/mol. The van der Waals surface area contributed by atoms with Gasteiger partial charge in [-0.1, -0.05) is 206 Å². The molecule has 0 aliphatic carbocycles. The molecule has 2 nitrogen and oxygen atoms in total. The second-order valence-corrected chi connectivity index (χ2v) is 13.4. The highest BCUT2D eigenvalue weighted by molar-refractivity contribution is 7.89. The van der Waals surface area contributed by atoms with E-state index >= 15 is 0 Å². The van der Waals surface area contributed by atoms with Crippen molar-refractivity contribution in [2.75, 3.05) is 13.1 Å². The fraction of sp³-hybridized carbons (Fsp3) is 0.944. The van der Waals surface area contributed by atoms with E-state index in [0.717, 1.165) is 34.9 Å². The van der Waals surface area contributed by atoms with Crippen molar-refractivity contribution in [3.8, 4) is 0 Å². The topological polar surface area (TPSA) is 24.1 Å². The lowest BCUT2D eigenvalue weighted by molar-refractivity contribution is 0.381. The van der Waals surface area contributed by atoms with Gasteiger partial charge in [0, 0.05) is 13.1 Å². The zero-order valence-corrected chi connectivity index (χ0v) is 29.4. The van der Waals surface area contributed by atoms with Crippen LogP contribution < -0.4 is 10.6 Å². The van der Waals surface area contributed by atoms with Gasteiger partial charge in [0.15, 0.2) is 0 Å². The lowest BCUT2D eigenvalue weighted by Crippen LogP contribution is -2.38. The van der Waals surface area contributed by atoms with Crippen LogP contribution in [0.3, 0.4) is 0 Å². The number of nitrogens with one attached hydrogen (secondary N) is 2. The highest BCUT2D eigenvalue weighted by atomic mass is 32.1. The first-order valence-electron chi connectivity index (χ1n) is 18.1. The summed E-state index contributed by atoms with van der Waals surface area (Å²) in [5.41, 5.74) is 0. The van der Waals surface area contributed by atoms with E-state index in [9.17, 15) is 0 Å². The normalized spacial score (nSPS) is 12.8. The summed E-state index contributed by atoms with van der Waals surface area (Å²) in [5, 5.41) is 7.01. The van der Waals surface area contributed by atoms with Crippen LogP contribution in [0.2, 0.25) is 0 Å². The van der Waals surface area contributed by atoms with Gasteiger partial charge >= 0.3 is 0 Å². The maximum absolute atomic E-state index is 5.68. The Morgan fingerprint density at radius 3 is 0.925 bits per heavy atom. The summed E-state index contributed by atoms with van der Waals surface area (Å²) in [4.78, 5) is 1.52. The molecule has 2 N–H and O–H groups in total. The molecule has 0 saturated heterocycles. The Bertz CT molecular complexity index is 503. The third-order valence-corrected chi connectivity index (χ3v) is 9.57. The average Bonchev–Trinajstić information content (AvgIpc) is 2.96. The lowest BCUT2D eigenvalue weighted by Gasteiger charge is -2.20. The van der Waals surface area contributed by atoms with Crippen LogP contribution in [0, 0.1) is 11.8 Å². The molecule has 0 fully saturated rings. The molecule has 0 spiro atoms. The second kappa shape index (κ2) is 31.7. The summed E-state index contributed by atoms with van der Waals surface area (Å²) < 4.78 is 0. The van der Waals surface area contributed by atoms with Crippen molar-refractivity contribution < 1.29 is 0 Å². The molecule has 2 unspecified atom stereocenters. The van der Waals surface area contributed by atoms with E-state index in [1.54, 1.807) is 0 Å². The SMILES string of the molecule is CCCCCCCCC(CCCCCC)CCNC(=S)C(=S)NCCC(CCCCCC)CCCCCCCC. The number of unbranched alkanes of at least 4 members (excludes halogenated alkanes) is 16. The van der Waals surface area contributed by atoms with Gasteiger partial charge in [0.05, 0.1) is 0 Å². The first-order valence-corrected chi connectivity index (χ1v) is 19.0. The van der Waals surface area contributed by atoms with E-state index in [4.69, 9.17) is 24.4 Å². The third-order valence-electron chi connectivity index (χ3n) is 8.75. The molecule has 0 aromatic carbocycles. The molecule has 2 atom stereocenters. The van der Waals surface area contributed by atoms with E-state index < -0.39 is 0 Å². The Morgan fingerprint density at radius 1 is 0.375 bits per heavy atom. The molecule has 0 aromatic rings. The summed E-state index contributed by atoms with van der Waals surface area (Å²) in [6.07, 6.45) is 35.6. The minimum absolute atomic E-state index is 0.759. The van der Waals surface area contributed by atoms with Gasteiger partial charge in [-0.15, -0.1) is 0 Å². The Kier molecular flexibility index (Phi) is 31.5. The van der Waals surface area contributed by atoms with E-state index in [1.165, 1.54) is 167 Å². The van der Waals surface area contributed by atoms with Crippen molar-refractivity contribution in [3.05, 3.63) is 0 Å². The van der Waals surface area contributed by atoms with Crippen molar-refractivity contribution in [3.63, 3.8) is 0 Å². The minimum Gasteiger partial charge on any atom is -0.374 e. The number of rotatable bonds is 30. The van der Waals surface area contributed by atoms with Crippen LogP contribution in [0.1, 0.15) is 195 Å². The number of hydrogen-bond donors (Lipinski definition) is 2. The van der Waals surface area contributed by atoms with Gasteiger partial charge in [0.2, 0.25) is 0 Å². The van der Waals surface area contributed by atoms with E-state index in [1.807, 2.05) is 0 Å². The molecular weight excluding hydrogens is 525 g/mol. The van der Waals surface area contributed by atoms with Gasteiger partial charge < -0.3 is 10.6 Å². The number of hydrogen-bond acceptors (Lipinski definition) is 2. The largest absolute Gasteiger partial charge is 0.374 e. The Morgan fingerprint density at radius 2 is 0.625 bits per heavy atom. The summed E-state index contributed by atoms with van der Waals surface area (Å²) in [6.45, 7) is 11.1. The highest BCUT2D eigenvalue weighted by Crippen LogP contribution is 2.23.